The predicted octanol–water partition coefficient (Wildman–Crippen LogP) is 7.62. The first-order valence-corrected chi connectivity index (χ1v) is 18.7. The molecule has 2 aliphatic rings. The van der Waals surface area contributed by atoms with Crippen molar-refractivity contribution in [1.82, 2.24) is 0 Å². The van der Waals surface area contributed by atoms with E-state index >= 15 is 0 Å². The largest absolute Gasteiger partial charge is 4.00 e. The molecule has 0 bridgehead atoms. The predicted molar refractivity (Wildman–Crippen MR) is 209 cm³/mol. The number of allylic oxidation sites excluding steroid dienone is 2. The SMILES string of the molecule is Cc1ccc(C2[C-]=Cc3c(-c4ccc(C(C)C)cc4)cccc32)s1.Cc1ccc(C2[C-]=Cc3c(-c4ccc(C(C)C)cc4)cccc32)s1.[Cl-].[Cl-].[Zr+4]. The first kappa shape index (κ1) is 41.0. The van der Waals surface area contributed by atoms with E-state index in [2.05, 4.69) is 175 Å². The molecule has 0 radical (unpaired) electrons. The van der Waals surface area contributed by atoms with Gasteiger partial charge in [-0.1, -0.05) is 136 Å². The van der Waals surface area contributed by atoms with Gasteiger partial charge in [-0.3, -0.25) is 12.2 Å². The average Bonchev–Trinajstić information content (AvgIpc) is 3.91. The van der Waals surface area contributed by atoms with Gasteiger partial charge in [0.2, 0.25) is 0 Å². The summed E-state index contributed by atoms with van der Waals surface area (Å²) < 4.78 is 0. The van der Waals surface area contributed by atoms with Crippen LogP contribution in [0.5, 0.6) is 0 Å². The molecule has 0 fully saturated rings. The van der Waals surface area contributed by atoms with E-state index in [-0.39, 0.29) is 62.9 Å². The molecule has 51 heavy (non-hydrogen) atoms. The van der Waals surface area contributed by atoms with Crippen LogP contribution in [0.25, 0.3) is 34.4 Å². The normalized spacial score (nSPS) is 15.0. The third-order valence-corrected chi connectivity index (χ3v) is 11.7. The molecular formula is C46H42Cl2S2Zr. The van der Waals surface area contributed by atoms with E-state index in [1.807, 2.05) is 22.7 Å². The molecule has 2 heterocycles. The summed E-state index contributed by atoms with van der Waals surface area (Å²) in [5.41, 5.74) is 13.4. The molecule has 2 aliphatic carbocycles. The summed E-state index contributed by atoms with van der Waals surface area (Å²) in [4.78, 5) is 5.49. The number of fused-ring (bicyclic) bond motifs is 2. The van der Waals surface area contributed by atoms with Gasteiger partial charge >= 0.3 is 26.2 Å². The fraction of sp³-hybridized carbons (Fsp3) is 0.217. The fourth-order valence-corrected chi connectivity index (χ4v) is 8.70. The van der Waals surface area contributed by atoms with Crippen LogP contribution in [-0.4, -0.2) is 0 Å². The van der Waals surface area contributed by atoms with Crippen LogP contribution >= 0.6 is 22.7 Å². The van der Waals surface area contributed by atoms with Gasteiger partial charge in [0.15, 0.2) is 0 Å². The Balaban J connectivity index is 0.000000216. The molecule has 0 nitrogen and oxygen atoms in total. The molecule has 256 valence electrons. The molecule has 0 N–H and O–H groups in total. The van der Waals surface area contributed by atoms with Gasteiger partial charge < -0.3 is 24.8 Å². The van der Waals surface area contributed by atoms with Crippen molar-refractivity contribution in [1.29, 1.82) is 0 Å². The van der Waals surface area contributed by atoms with Crippen LogP contribution in [0.3, 0.4) is 0 Å². The van der Waals surface area contributed by atoms with Crippen LogP contribution < -0.4 is 24.8 Å². The maximum Gasteiger partial charge on any atom is 4.00 e. The maximum atomic E-state index is 3.58. The quantitative estimate of drug-likeness (QED) is 0.152. The van der Waals surface area contributed by atoms with Gasteiger partial charge in [-0.2, -0.15) is 11.1 Å². The number of hydrogen-bond donors (Lipinski definition) is 0. The van der Waals surface area contributed by atoms with Gasteiger partial charge in [0.1, 0.15) is 0 Å². The molecule has 0 aliphatic heterocycles. The van der Waals surface area contributed by atoms with Crippen molar-refractivity contribution in [2.45, 2.75) is 65.2 Å². The molecule has 6 aromatic rings. The summed E-state index contributed by atoms with van der Waals surface area (Å²) in [5, 5.41) is 0. The van der Waals surface area contributed by atoms with Crippen LogP contribution in [0, 0.1) is 26.0 Å². The van der Waals surface area contributed by atoms with E-state index < -0.39 is 0 Å². The van der Waals surface area contributed by atoms with Crippen LogP contribution in [0.15, 0.2) is 109 Å². The number of benzene rings is 4. The topological polar surface area (TPSA) is 0 Å². The third-order valence-electron chi connectivity index (χ3n) is 9.56. The Labute approximate surface area is 344 Å². The Morgan fingerprint density at radius 3 is 1.18 bits per heavy atom. The zero-order chi connectivity index (χ0) is 33.4. The maximum absolute atomic E-state index is 3.58. The van der Waals surface area contributed by atoms with Crippen molar-refractivity contribution in [3.05, 3.63) is 174 Å². The van der Waals surface area contributed by atoms with Gasteiger partial charge in [0.25, 0.3) is 0 Å². The molecule has 0 saturated carbocycles. The molecular weight excluding hydrogens is 779 g/mol. The van der Waals surface area contributed by atoms with Crippen LogP contribution in [0.4, 0.5) is 0 Å². The van der Waals surface area contributed by atoms with Gasteiger partial charge in [-0.15, -0.1) is 33.8 Å². The Morgan fingerprint density at radius 1 is 0.490 bits per heavy atom. The van der Waals surface area contributed by atoms with Crippen LogP contribution in [0.1, 0.15) is 104 Å². The molecule has 0 spiro atoms. The zero-order valence-corrected chi connectivity index (χ0v) is 35.5. The summed E-state index contributed by atoms with van der Waals surface area (Å²) in [7, 11) is 0. The minimum absolute atomic E-state index is 0. The van der Waals surface area contributed by atoms with E-state index in [1.165, 1.54) is 75.1 Å². The van der Waals surface area contributed by atoms with Crippen molar-refractivity contribution >= 4 is 34.8 Å². The average molecular weight is 821 g/mol. The zero-order valence-electron chi connectivity index (χ0n) is 29.9. The first-order chi connectivity index (χ1) is 23.3. The standard InChI is InChI=1S/2C23H21S.2ClH.Zr/c2*1-15(2)17-8-10-18(11-9-17)19-5-4-6-20-21(19)12-13-22(20)23-14-7-16(3)24-23;;;/h2*4-12,14-15,22H,1-3H3;2*1H;/q2*-1;;;+4/p-2. The van der Waals surface area contributed by atoms with Crippen molar-refractivity contribution in [2.24, 2.45) is 0 Å². The molecule has 2 unspecified atom stereocenters. The molecule has 0 saturated heterocycles. The summed E-state index contributed by atoms with van der Waals surface area (Å²) >= 11 is 3.75. The molecule has 0 amide bonds. The Kier molecular flexibility index (Phi) is 14.3. The van der Waals surface area contributed by atoms with Crippen LogP contribution in [0.2, 0.25) is 0 Å². The summed E-state index contributed by atoms with van der Waals surface area (Å²) in [6.45, 7) is 13.3. The van der Waals surface area contributed by atoms with Gasteiger partial charge in [-0.05, 0) is 82.0 Å². The van der Waals surface area contributed by atoms with E-state index in [1.54, 1.807) is 0 Å². The second kappa shape index (κ2) is 17.8. The smallest absolute Gasteiger partial charge is 1.00 e. The Hall–Kier alpha value is -2.78. The molecule has 2 atom stereocenters. The second-order valence-electron chi connectivity index (χ2n) is 13.6. The summed E-state index contributed by atoms with van der Waals surface area (Å²) in [6.07, 6.45) is 11.5. The van der Waals surface area contributed by atoms with Crippen molar-refractivity contribution in [3.8, 4) is 22.3 Å². The number of rotatable bonds is 6. The number of hydrogen-bond acceptors (Lipinski definition) is 2. The minimum atomic E-state index is 0. The minimum Gasteiger partial charge on any atom is -1.00 e. The molecule has 2 aromatic heterocycles. The summed E-state index contributed by atoms with van der Waals surface area (Å²) in [5.74, 6) is 1.71. The van der Waals surface area contributed by atoms with Crippen molar-refractivity contribution < 1.29 is 51.0 Å². The van der Waals surface area contributed by atoms with E-state index in [0.717, 1.165) is 0 Å². The molecule has 8 rings (SSSR count). The van der Waals surface area contributed by atoms with E-state index in [0.29, 0.717) is 11.8 Å². The van der Waals surface area contributed by atoms with Crippen molar-refractivity contribution in [3.63, 3.8) is 0 Å². The van der Waals surface area contributed by atoms with E-state index in [4.69, 9.17) is 0 Å². The van der Waals surface area contributed by atoms with Gasteiger partial charge in [-0.25, -0.2) is 12.2 Å². The number of halogens is 2. The fourth-order valence-electron chi connectivity index (χ4n) is 6.79. The van der Waals surface area contributed by atoms with Gasteiger partial charge in [0.05, 0.1) is 0 Å². The second-order valence-corrected chi connectivity index (χ2v) is 16.2. The van der Waals surface area contributed by atoms with E-state index in [9.17, 15) is 0 Å². The monoisotopic (exact) mass is 818 g/mol. The molecule has 4 aromatic carbocycles. The summed E-state index contributed by atoms with van der Waals surface area (Å²) in [6, 6.07) is 40.2. The number of aryl methyl sites for hydroxylation is 2. The Bertz CT molecular complexity index is 1960. The van der Waals surface area contributed by atoms with Crippen LogP contribution in [-0.2, 0) is 26.2 Å². The first-order valence-electron chi connectivity index (χ1n) is 17.0. The van der Waals surface area contributed by atoms with Crippen molar-refractivity contribution in [2.75, 3.05) is 0 Å². The number of thiophene rings is 2. The van der Waals surface area contributed by atoms with Gasteiger partial charge in [0, 0.05) is 9.75 Å². The Morgan fingerprint density at radius 2 is 0.863 bits per heavy atom. The molecule has 5 heteroatoms. The third kappa shape index (κ3) is 8.72.